The molecule has 1 saturated heterocycles. The van der Waals surface area contributed by atoms with Gasteiger partial charge in [-0.2, -0.15) is 0 Å². The highest BCUT2D eigenvalue weighted by Gasteiger charge is 2.58. The molecule has 3 N–H and O–H groups in total. The first kappa shape index (κ1) is 19.2. The van der Waals surface area contributed by atoms with E-state index >= 15 is 0 Å². The van der Waals surface area contributed by atoms with E-state index in [4.69, 9.17) is 5.11 Å². The molecule has 24 heavy (non-hydrogen) atoms. The second-order valence-electron chi connectivity index (χ2n) is 6.24. The molecule has 4 unspecified atom stereocenters. The van der Waals surface area contributed by atoms with Crippen molar-refractivity contribution < 1.29 is 14.7 Å². The minimum absolute atomic E-state index is 0. The maximum absolute atomic E-state index is 12.5. The molecular formula is C16H25IN4O3. The number of halogens is 1. The summed E-state index contributed by atoms with van der Waals surface area (Å²) >= 11 is 0. The van der Waals surface area contributed by atoms with E-state index in [-0.39, 0.29) is 66.1 Å². The number of aliphatic hydroxyl groups is 1. The van der Waals surface area contributed by atoms with Crippen molar-refractivity contribution in [2.45, 2.75) is 13.3 Å². The van der Waals surface area contributed by atoms with Crippen LogP contribution in [0.2, 0.25) is 0 Å². The molecule has 2 aliphatic carbocycles. The normalized spacial score (nSPS) is 30.6. The quantitative estimate of drug-likeness (QED) is 0.174. The third-order valence-electron chi connectivity index (χ3n) is 4.90. The van der Waals surface area contributed by atoms with Crippen molar-refractivity contribution >= 4 is 41.8 Å². The van der Waals surface area contributed by atoms with Gasteiger partial charge in [0.2, 0.25) is 11.8 Å². The fourth-order valence-electron chi connectivity index (χ4n) is 3.97. The Morgan fingerprint density at radius 1 is 1.25 bits per heavy atom. The summed E-state index contributed by atoms with van der Waals surface area (Å²) in [6.45, 7) is 3.77. The number of likely N-dealkylation sites (tertiary alicyclic amines) is 1. The van der Waals surface area contributed by atoms with Crippen LogP contribution in [-0.4, -0.2) is 60.6 Å². The zero-order chi connectivity index (χ0) is 16.4. The number of aliphatic hydroxyl groups excluding tert-OH is 1. The highest BCUT2D eigenvalue weighted by atomic mass is 127. The summed E-state index contributed by atoms with van der Waals surface area (Å²) in [4.78, 5) is 30.6. The molecule has 4 atom stereocenters. The Bertz CT molecular complexity index is 521. The third kappa shape index (κ3) is 3.44. The van der Waals surface area contributed by atoms with Crippen LogP contribution in [0.15, 0.2) is 17.1 Å². The monoisotopic (exact) mass is 448 g/mol. The van der Waals surface area contributed by atoms with Gasteiger partial charge in [0, 0.05) is 19.6 Å². The lowest BCUT2D eigenvalue weighted by Gasteiger charge is -2.18. The number of nitrogens with one attached hydrogen (secondary N) is 2. The molecule has 1 aliphatic heterocycles. The Morgan fingerprint density at radius 3 is 2.42 bits per heavy atom. The van der Waals surface area contributed by atoms with Gasteiger partial charge in [0.1, 0.15) is 0 Å². The molecule has 0 spiro atoms. The molecule has 2 amide bonds. The van der Waals surface area contributed by atoms with Crippen LogP contribution < -0.4 is 10.6 Å². The first-order valence-corrected chi connectivity index (χ1v) is 8.34. The molecular weight excluding hydrogens is 423 g/mol. The summed E-state index contributed by atoms with van der Waals surface area (Å²) < 4.78 is 0. The highest BCUT2D eigenvalue weighted by molar-refractivity contribution is 14.0. The van der Waals surface area contributed by atoms with Crippen molar-refractivity contribution in [1.29, 1.82) is 0 Å². The maximum atomic E-state index is 12.5. The summed E-state index contributed by atoms with van der Waals surface area (Å²) in [5.41, 5.74) is 0. The molecule has 8 heteroatoms. The fraction of sp³-hybridized carbons (Fsp3) is 0.688. The Balaban J connectivity index is 0.00000208. The van der Waals surface area contributed by atoms with E-state index in [0.717, 1.165) is 6.42 Å². The smallest absolute Gasteiger partial charge is 0.233 e. The topological polar surface area (TPSA) is 94.0 Å². The number of hydrogen-bond acceptors (Lipinski definition) is 4. The number of carbonyl (C=O) groups is 2. The molecule has 7 nitrogen and oxygen atoms in total. The summed E-state index contributed by atoms with van der Waals surface area (Å²) in [6, 6.07) is 0. The predicted octanol–water partition coefficient (Wildman–Crippen LogP) is -0.0411. The van der Waals surface area contributed by atoms with E-state index in [1.807, 2.05) is 6.92 Å². The molecule has 2 bridgehead atoms. The number of allylic oxidation sites excluding steroid dienone is 2. The lowest BCUT2D eigenvalue weighted by Crippen LogP contribution is -2.43. The van der Waals surface area contributed by atoms with Crippen molar-refractivity contribution in [2.24, 2.45) is 28.7 Å². The molecule has 0 radical (unpaired) electrons. The van der Waals surface area contributed by atoms with Gasteiger partial charge in [-0.1, -0.05) is 12.2 Å². The summed E-state index contributed by atoms with van der Waals surface area (Å²) in [7, 11) is 0. The summed E-state index contributed by atoms with van der Waals surface area (Å²) in [5.74, 6) is 0.794. The van der Waals surface area contributed by atoms with Crippen molar-refractivity contribution in [2.75, 3.05) is 32.8 Å². The van der Waals surface area contributed by atoms with Gasteiger partial charge in [-0.15, -0.1) is 24.0 Å². The van der Waals surface area contributed by atoms with E-state index in [1.165, 1.54) is 4.90 Å². The zero-order valence-corrected chi connectivity index (χ0v) is 16.1. The van der Waals surface area contributed by atoms with Gasteiger partial charge in [0.05, 0.1) is 25.0 Å². The van der Waals surface area contributed by atoms with Crippen LogP contribution in [-0.2, 0) is 9.59 Å². The second kappa shape index (κ2) is 8.28. The summed E-state index contributed by atoms with van der Waals surface area (Å²) in [5, 5.41) is 15.0. The predicted molar refractivity (Wildman–Crippen MR) is 101 cm³/mol. The van der Waals surface area contributed by atoms with Crippen LogP contribution >= 0.6 is 24.0 Å². The standard InChI is InChI=1S/C16H24N4O3.HI/c1-2-17-16(19-6-8-21)18-5-7-20-14(22)12-10-3-4-11(9-10)13(12)15(20)23;/h3-4,10-13,21H,2,5-9H2,1H3,(H2,17,18,19);1H. The van der Waals surface area contributed by atoms with Gasteiger partial charge in [-0.25, -0.2) is 0 Å². The number of fused-ring (bicyclic) bond motifs is 5. The van der Waals surface area contributed by atoms with Crippen molar-refractivity contribution in [3.8, 4) is 0 Å². The first-order chi connectivity index (χ1) is 11.2. The molecule has 3 rings (SSSR count). The Morgan fingerprint density at radius 2 is 1.88 bits per heavy atom. The SMILES string of the molecule is CCNC(=NCCO)NCCN1C(=O)C2C3C=CC(C3)C2C1=O.I. The van der Waals surface area contributed by atoms with Crippen LogP contribution in [0.4, 0.5) is 0 Å². The average molecular weight is 448 g/mol. The number of rotatable bonds is 6. The van der Waals surface area contributed by atoms with Gasteiger partial charge >= 0.3 is 0 Å². The van der Waals surface area contributed by atoms with E-state index in [1.54, 1.807) is 0 Å². The van der Waals surface area contributed by atoms with Crippen molar-refractivity contribution in [3.63, 3.8) is 0 Å². The van der Waals surface area contributed by atoms with Gasteiger partial charge in [-0.05, 0) is 25.2 Å². The van der Waals surface area contributed by atoms with Crippen LogP contribution in [0.1, 0.15) is 13.3 Å². The Labute approximate surface area is 159 Å². The number of carbonyl (C=O) groups excluding carboxylic acids is 2. The van der Waals surface area contributed by atoms with Crippen molar-refractivity contribution in [1.82, 2.24) is 15.5 Å². The average Bonchev–Trinajstić information content (AvgIpc) is 3.21. The van der Waals surface area contributed by atoms with Crippen molar-refractivity contribution in [3.05, 3.63) is 12.2 Å². The van der Waals surface area contributed by atoms with Gasteiger partial charge in [0.25, 0.3) is 0 Å². The van der Waals surface area contributed by atoms with E-state index < -0.39 is 0 Å². The molecule has 134 valence electrons. The summed E-state index contributed by atoms with van der Waals surface area (Å²) in [6.07, 6.45) is 5.16. The molecule has 3 aliphatic rings. The third-order valence-corrected chi connectivity index (χ3v) is 4.90. The van der Waals surface area contributed by atoms with Crippen LogP contribution in [0.25, 0.3) is 0 Å². The maximum Gasteiger partial charge on any atom is 0.233 e. The molecule has 2 fully saturated rings. The zero-order valence-electron chi connectivity index (χ0n) is 13.8. The number of amides is 2. The number of imide groups is 1. The van der Waals surface area contributed by atoms with Gasteiger partial charge < -0.3 is 15.7 Å². The van der Waals surface area contributed by atoms with E-state index in [2.05, 4.69) is 27.8 Å². The Kier molecular flexibility index (Phi) is 6.62. The van der Waals surface area contributed by atoms with Crippen LogP contribution in [0.5, 0.6) is 0 Å². The second-order valence-corrected chi connectivity index (χ2v) is 6.24. The molecule has 1 saturated carbocycles. The molecule has 0 aromatic rings. The highest BCUT2D eigenvalue weighted by Crippen LogP contribution is 2.52. The molecule has 0 aromatic heterocycles. The first-order valence-electron chi connectivity index (χ1n) is 8.34. The minimum Gasteiger partial charge on any atom is -0.394 e. The van der Waals surface area contributed by atoms with Crippen LogP contribution in [0.3, 0.4) is 0 Å². The fourth-order valence-corrected chi connectivity index (χ4v) is 3.97. The number of hydrogen-bond donors (Lipinski definition) is 3. The van der Waals surface area contributed by atoms with Crippen LogP contribution in [0, 0.1) is 23.7 Å². The lowest BCUT2D eigenvalue weighted by molar-refractivity contribution is -0.140. The van der Waals surface area contributed by atoms with Gasteiger partial charge in [0.15, 0.2) is 5.96 Å². The van der Waals surface area contributed by atoms with Gasteiger partial charge in [-0.3, -0.25) is 19.5 Å². The number of aliphatic imine (C=N–C) groups is 1. The minimum atomic E-state index is -0.131. The Hall–Kier alpha value is -1.16. The largest absolute Gasteiger partial charge is 0.394 e. The van der Waals surface area contributed by atoms with E-state index in [0.29, 0.717) is 32.1 Å². The number of guanidine groups is 1. The van der Waals surface area contributed by atoms with E-state index in [9.17, 15) is 9.59 Å². The molecule has 1 heterocycles. The number of nitrogens with zero attached hydrogens (tertiary/aromatic N) is 2. The lowest BCUT2D eigenvalue weighted by atomic mass is 9.85. The molecule has 0 aromatic carbocycles.